The number of nitrogens with zero attached hydrogens (tertiary/aromatic N) is 5. The first-order valence-corrected chi connectivity index (χ1v) is 8.87. The highest BCUT2D eigenvalue weighted by molar-refractivity contribution is 5.91. The number of rotatable bonds is 7. The molecule has 9 heteroatoms. The summed E-state index contributed by atoms with van der Waals surface area (Å²) in [6.45, 7) is 8.00. The number of hydrogen-bond acceptors (Lipinski definition) is 5. The van der Waals surface area contributed by atoms with E-state index in [4.69, 9.17) is 0 Å². The van der Waals surface area contributed by atoms with Crippen molar-refractivity contribution in [2.24, 2.45) is 0 Å². The summed E-state index contributed by atoms with van der Waals surface area (Å²) in [5.74, 6) is 0.0519. The monoisotopic (exact) mass is 373 g/mol. The summed E-state index contributed by atoms with van der Waals surface area (Å²) in [6.07, 6.45) is 1.40. The van der Waals surface area contributed by atoms with Crippen molar-refractivity contribution in [3.05, 3.63) is 30.0 Å². The largest absolute Gasteiger partial charge is 0.372 e. The van der Waals surface area contributed by atoms with Gasteiger partial charge >= 0.3 is 6.03 Å². The van der Waals surface area contributed by atoms with Crippen molar-refractivity contribution in [2.45, 2.75) is 27.3 Å². The maximum atomic E-state index is 12.3. The Kier molecular flexibility index (Phi) is 6.75. The highest BCUT2D eigenvalue weighted by Crippen LogP contribution is 2.22. The van der Waals surface area contributed by atoms with Gasteiger partial charge in [-0.25, -0.2) is 4.79 Å². The Morgan fingerprint density at radius 1 is 1.15 bits per heavy atom. The van der Waals surface area contributed by atoms with E-state index < -0.39 is 0 Å². The zero-order chi connectivity index (χ0) is 20.0. The van der Waals surface area contributed by atoms with Crippen molar-refractivity contribution in [3.63, 3.8) is 0 Å². The van der Waals surface area contributed by atoms with Crippen LogP contribution in [0.3, 0.4) is 0 Å². The number of nitrogens with one attached hydrogen (secondary N) is 2. The Balaban J connectivity index is 1.98. The number of benzene rings is 1. The molecule has 0 aliphatic heterocycles. The first-order chi connectivity index (χ1) is 12.8. The third-order valence-corrected chi connectivity index (χ3v) is 4.08. The molecular weight excluding hydrogens is 346 g/mol. The summed E-state index contributed by atoms with van der Waals surface area (Å²) in [7, 11) is 3.25. The van der Waals surface area contributed by atoms with E-state index in [-0.39, 0.29) is 18.5 Å². The molecule has 1 aromatic heterocycles. The van der Waals surface area contributed by atoms with Gasteiger partial charge in [0.2, 0.25) is 5.91 Å². The third-order valence-electron chi connectivity index (χ3n) is 4.08. The van der Waals surface area contributed by atoms with Gasteiger partial charge in [-0.15, -0.1) is 5.10 Å². The second-order valence-corrected chi connectivity index (χ2v) is 6.30. The van der Waals surface area contributed by atoms with Crippen LogP contribution in [0.1, 0.15) is 19.4 Å². The van der Waals surface area contributed by atoms with E-state index in [2.05, 4.69) is 45.6 Å². The van der Waals surface area contributed by atoms with E-state index in [9.17, 15) is 9.59 Å². The van der Waals surface area contributed by atoms with E-state index in [1.54, 1.807) is 14.1 Å². The first-order valence-electron chi connectivity index (χ1n) is 8.87. The summed E-state index contributed by atoms with van der Waals surface area (Å²) in [4.78, 5) is 28.8. The lowest BCUT2D eigenvalue weighted by Gasteiger charge is -2.22. The minimum atomic E-state index is -0.310. The molecule has 0 aliphatic carbocycles. The SMILES string of the molecule is CCN(CC)c1ccc(NC(=O)Cn2ncc(NC(=O)N(C)C)n2)c(C)c1. The van der Waals surface area contributed by atoms with Crippen LogP contribution in [0, 0.1) is 6.92 Å². The third kappa shape index (κ3) is 5.44. The second kappa shape index (κ2) is 9.02. The van der Waals surface area contributed by atoms with E-state index in [1.165, 1.54) is 15.9 Å². The highest BCUT2D eigenvalue weighted by Gasteiger charge is 2.11. The van der Waals surface area contributed by atoms with Crippen LogP contribution in [0.2, 0.25) is 0 Å². The van der Waals surface area contributed by atoms with Gasteiger partial charge in [-0.3, -0.25) is 10.1 Å². The molecule has 0 fully saturated rings. The lowest BCUT2D eigenvalue weighted by Crippen LogP contribution is -2.27. The van der Waals surface area contributed by atoms with E-state index in [0.29, 0.717) is 5.82 Å². The van der Waals surface area contributed by atoms with Gasteiger partial charge in [-0.1, -0.05) is 0 Å². The quantitative estimate of drug-likeness (QED) is 0.775. The fourth-order valence-electron chi connectivity index (χ4n) is 2.54. The van der Waals surface area contributed by atoms with Crippen molar-refractivity contribution in [1.82, 2.24) is 19.9 Å². The molecule has 0 atom stereocenters. The topological polar surface area (TPSA) is 95.4 Å². The van der Waals surface area contributed by atoms with Crippen LogP contribution in [0.15, 0.2) is 24.4 Å². The van der Waals surface area contributed by atoms with Gasteiger partial charge in [0, 0.05) is 38.6 Å². The molecule has 0 saturated carbocycles. The molecule has 0 spiro atoms. The van der Waals surface area contributed by atoms with Gasteiger partial charge in [-0.2, -0.15) is 9.90 Å². The minimum absolute atomic E-state index is 0.0466. The Bertz CT molecular complexity index is 797. The minimum Gasteiger partial charge on any atom is -0.372 e. The highest BCUT2D eigenvalue weighted by atomic mass is 16.2. The van der Waals surface area contributed by atoms with E-state index in [1.807, 2.05) is 19.1 Å². The molecule has 1 heterocycles. The van der Waals surface area contributed by atoms with Gasteiger partial charge in [0.15, 0.2) is 5.82 Å². The molecule has 1 aromatic carbocycles. The Morgan fingerprint density at radius 2 is 1.85 bits per heavy atom. The lowest BCUT2D eigenvalue weighted by molar-refractivity contribution is -0.117. The molecule has 2 rings (SSSR count). The lowest BCUT2D eigenvalue weighted by atomic mass is 10.1. The average molecular weight is 373 g/mol. The van der Waals surface area contributed by atoms with Gasteiger partial charge in [0.1, 0.15) is 6.54 Å². The van der Waals surface area contributed by atoms with Crippen molar-refractivity contribution in [1.29, 1.82) is 0 Å². The molecule has 146 valence electrons. The van der Waals surface area contributed by atoms with Crippen molar-refractivity contribution < 1.29 is 9.59 Å². The van der Waals surface area contributed by atoms with Gasteiger partial charge in [0.05, 0.1) is 6.20 Å². The molecule has 0 radical (unpaired) electrons. The summed E-state index contributed by atoms with van der Waals surface area (Å²) < 4.78 is 0. The molecule has 9 nitrogen and oxygen atoms in total. The Hall–Kier alpha value is -3.10. The number of carbonyl (C=O) groups excluding carboxylic acids is 2. The summed E-state index contributed by atoms with van der Waals surface area (Å²) in [5, 5.41) is 13.5. The Labute approximate surface area is 159 Å². The molecule has 0 saturated heterocycles. The van der Waals surface area contributed by atoms with E-state index in [0.717, 1.165) is 30.0 Å². The molecule has 0 bridgehead atoms. The van der Waals surface area contributed by atoms with Crippen molar-refractivity contribution >= 4 is 29.1 Å². The number of aromatic nitrogens is 3. The zero-order valence-electron chi connectivity index (χ0n) is 16.5. The van der Waals surface area contributed by atoms with Crippen LogP contribution >= 0.6 is 0 Å². The summed E-state index contributed by atoms with van der Waals surface area (Å²) in [6, 6.07) is 5.65. The zero-order valence-corrected chi connectivity index (χ0v) is 16.5. The predicted molar refractivity (Wildman–Crippen MR) is 106 cm³/mol. The fourth-order valence-corrected chi connectivity index (χ4v) is 2.54. The molecule has 0 aliphatic rings. The number of aryl methyl sites for hydroxylation is 1. The normalized spacial score (nSPS) is 10.4. The standard InChI is InChI=1S/C18H27N7O2/c1-6-24(7-2)14-8-9-15(13(3)10-14)20-17(26)12-25-19-11-16(22-25)21-18(27)23(4)5/h8-11H,6-7,12H2,1-5H3,(H,20,26)(H,21,22,27). The molecule has 2 N–H and O–H groups in total. The smallest absolute Gasteiger partial charge is 0.322 e. The maximum Gasteiger partial charge on any atom is 0.322 e. The van der Waals surface area contributed by atoms with Crippen LogP contribution < -0.4 is 15.5 Å². The number of carbonyl (C=O) groups is 2. The van der Waals surface area contributed by atoms with E-state index >= 15 is 0 Å². The summed E-state index contributed by atoms with van der Waals surface area (Å²) >= 11 is 0. The Morgan fingerprint density at radius 3 is 2.44 bits per heavy atom. The van der Waals surface area contributed by atoms with Crippen LogP contribution in [0.25, 0.3) is 0 Å². The second-order valence-electron chi connectivity index (χ2n) is 6.30. The summed E-state index contributed by atoms with van der Waals surface area (Å²) in [5.41, 5.74) is 2.87. The molecule has 0 unspecified atom stereocenters. The number of hydrogen-bond donors (Lipinski definition) is 2. The maximum absolute atomic E-state index is 12.3. The van der Waals surface area contributed by atoms with Crippen molar-refractivity contribution in [3.8, 4) is 0 Å². The number of anilines is 3. The van der Waals surface area contributed by atoms with Gasteiger partial charge < -0.3 is 15.1 Å². The van der Waals surface area contributed by atoms with Crippen LogP contribution in [0.5, 0.6) is 0 Å². The number of urea groups is 1. The van der Waals surface area contributed by atoms with Gasteiger partial charge in [-0.05, 0) is 44.5 Å². The van der Waals surface area contributed by atoms with Crippen LogP contribution in [-0.4, -0.2) is 59.0 Å². The first kappa shape index (κ1) is 20.2. The van der Waals surface area contributed by atoms with Crippen molar-refractivity contribution in [2.75, 3.05) is 42.7 Å². The molecular formula is C18H27N7O2. The molecule has 27 heavy (non-hydrogen) atoms. The average Bonchev–Trinajstić information content (AvgIpc) is 3.04. The number of amides is 3. The molecule has 2 aromatic rings. The molecule has 3 amide bonds. The fraction of sp³-hybridized carbons (Fsp3) is 0.444. The van der Waals surface area contributed by atoms with Crippen LogP contribution in [-0.2, 0) is 11.3 Å². The van der Waals surface area contributed by atoms with Gasteiger partial charge in [0.25, 0.3) is 0 Å². The van der Waals surface area contributed by atoms with Crippen LogP contribution in [0.4, 0.5) is 22.0 Å². The predicted octanol–water partition coefficient (Wildman–Crippen LogP) is 2.16.